The molecule has 0 aliphatic heterocycles. The molecule has 0 saturated carbocycles. The van der Waals surface area contributed by atoms with E-state index in [0.29, 0.717) is 12.8 Å². The van der Waals surface area contributed by atoms with Gasteiger partial charge in [0.2, 0.25) is 0 Å². The van der Waals surface area contributed by atoms with Gasteiger partial charge in [-0.05, 0) is 13.0 Å². The summed E-state index contributed by atoms with van der Waals surface area (Å²) in [6.07, 6.45) is 0.993. The summed E-state index contributed by atoms with van der Waals surface area (Å²) in [5.74, 6) is 0.403. The van der Waals surface area contributed by atoms with Crippen molar-refractivity contribution < 1.29 is 9.90 Å². The topological polar surface area (TPSA) is 50.2 Å². The van der Waals surface area contributed by atoms with Crippen molar-refractivity contribution in [3.8, 4) is 5.75 Å². The summed E-state index contributed by atoms with van der Waals surface area (Å²) in [6, 6.07) is 7.22. The largest absolute Gasteiger partial charge is 0.508 e. The fourth-order valence-electron chi connectivity index (χ4n) is 1.59. The molecule has 88 valence electrons. The fourth-order valence-corrected chi connectivity index (χ4v) is 2.41. The van der Waals surface area contributed by atoms with Gasteiger partial charge in [0.05, 0.1) is 10.7 Å². The molecule has 1 aromatic heterocycles. The molecule has 2 aromatic rings. The van der Waals surface area contributed by atoms with E-state index in [1.54, 1.807) is 19.1 Å². The van der Waals surface area contributed by atoms with E-state index < -0.39 is 0 Å². The monoisotopic (exact) mass is 247 g/mol. The van der Waals surface area contributed by atoms with E-state index in [1.165, 1.54) is 11.3 Å². The van der Waals surface area contributed by atoms with Crippen LogP contribution in [0.1, 0.15) is 23.2 Å². The Morgan fingerprint density at radius 3 is 2.88 bits per heavy atom. The molecule has 1 heterocycles. The second kappa shape index (κ2) is 5.10. The number of benzene rings is 1. The van der Waals surface area contributed by atoms with E-state index in [0.717, 1.165) is 16.3 Å². The fraction of sp³-hybridized carbons (Fsp3) is 0.231. The first kappa shape index (κ1) is 11.8. The number of phenols is 1. The average molecular weight is 247 g/mol. The summed E-state index contributed by atoms with van der Waals surface area (Å²) in [6.45, 7) is 1.56. The number of aromatic hydroxyl groups is 1. The highest BCUT2D eigenvalue weighted by molar-refractivity contribution is 7.09. The Balaban J connectivity index is 2.12. The summed E-state index contributed by atoms with van der Waals surface area (Å²) >= 11 is 1.52. The second-order valence-electron chi connectivity index (χ2n) is 3.92. The van der Waals surface area contributed by atoms with Crippen LogP contribution in [0.5, 0.6) is 5.75 Å². The number of rotatable bonds is 4. The minimum atomic E-state index is 0.115. The normalized spacial score (nSPS) is 10.4. The van der Waals surface area contributed by atoms with E-state index in [9.17, 15) is 9.90 Å². The molecule has 0 aliphatic carbocycles. The van der Waals surface area contributed by atoms with Crippen LogP contribution in [0.3, 0.4) is 0 Å². The number of para-hydroxylation sites is 1. The minimum Gasteiger partial charge on any atom is -0.508 e. The van der Waals surface area contributed by atoms with Crippen LogP contribution in [0, 0.1) is 0 Å². The zero-order chi connectivity index (χ0) is 12.3. The van der Waals surface area contributed by atoms with Gasteiger partial charge in [-0.1, -0.05) is 18.2 Å². The van der Waals surface area contributed by atoms with Gasteiger partial charge in [-0.25, -0.2) is 4.98 Å². The quantitative estimate of drug-likeness (QED) is 0.903. The average Bonchev–Trinajstić information content (AvgIpc) is 2.68. The maximum absolute atomic E-state index is 11.0. The molecule has 0 bridgehead atoms. The second-order valence-corrected chi connectivity index (χ2v) is 4.86. The standard InChI is InChI=1S/C13H13NO2S/c1-9(15)6-11-8-17-13(14-11)7-10-4-2-3-5-12(10)16/h2-5,8,16H,6-7H2,1H3. The first-order valence-electron chi connectivity index (χ1n) is 5.35. The molecule has 1 aromatic carbocycles. The Kier molecular flexibility index (Phi) is 3.54. The molecule has 2 rings (SSSR count). The summed E-state index contributed by atoms with van der Waals surface area (Å²) in [7, 11) is 0. The molecule has 0 aliphatic rings. The SMILES string of the molecule is CC(=O)Cc1csc(Cc2ccccc2O)n1. The number of Topliss-reactive ketones (excluding diaryl/α,β-unsaturated/α-hetero) is 1. The summed E-state index contributed by atoms with van der Waals surface area (Å²) in [5, 5.41) is 12.5. The third kappa shape index (κ3) is 3.14. The Bertz CT molecular complexity index is 534. The zero-order valence-electron chi connectivity index (χ0n) is 9.51. The van der Waals surface area contributed by atoms with Crippen LogP contribution in [0.15, 0.2) is 29.6 Å². The Hall–Kier alpha value is -1.68. The lowest BCUT2D eigenvalue weighted by atomic mass is 10.1. The molecule has 3 nitrogen and oxygen atoms in total. The number of hydrogen-bond acceptors (Lipinski definition) is 4. The van der Waals surface area contributed by atoms with Gasteiger partial charge in [-0.3, -0.25) is 4.79 Å². The van der Waals surface area contributed by atoms with E-state index in [4.69, 9.17) is 0 Å². The highest BCUT2D eigenvalue weighted by Gasteiger charge is 2.07. The van der Waals surface area contributed by atoms with E-state index in [2.05, 4.69) is 4.98 Å². The molecular formula is C13H13NO2S. The van der Waals surface area contributed by atoms with Crippen molar-refractivity contribution >= 4 is 17.1 Å². The van der Waals surface area contributed by atoms with E-state index in [-0.39, 0.29) is 11.5 Å². The first-order chi connectivity index (χ1) is 8.15. The van der Waals surface area contributed by atoms with Gasteiger partial charge in [0.1, 0.15) is 11.5 Å². The van der Waals surface area contributed by atoms with Crippen LogP contribution in [-0.4, -0.2) is 15.9 Å². The Morgan fingerprint density at radius 1 is 1.41 bits per heavy atom. The molecule has 4 heteroatoms. The Morgan fingerprint density at radius 2 is 2.18 bits per heavy atom. The number of aromatic nitrogens is 1. The number of nitrogens with zero attached hydrogens (tertiary/aromatic N) is 1. The molecule has 1 N–H and O–H groups in total. The summed E-state index contributed by atoms with van der Waals surface area (Å²) in [5.41, 5.74) is 1.67. The van der Waals surface area contributed by atoms with Crippen LogP contribution in [0.2, 0.25) is 0 Å². The molecule has 17 heavy (non-hydrogen) atoms. The number of thiazole rings is 1. The lowest BCUT2D eigenvalue weighted by Crippen LogP contribution is -1.97. The van der Waals surface area contributed by atoms with Crippen molar-refractivity contribution in [1.82, 2.24) is 4.98 Å². The summed E-state index contributed by atoms with van der Waals surface area (Å²) < 4.78 is 0. The molecule has 0 amide bonds. The Labute approximate surface area is 104 Å². The maximum Gasteiger partial charge on any atom is 0.135 e. The van der Waals surface area contributed by atoms with Crippen LogP contribution < -0.4 is 0 Å². The van der Waals surface area contributed by atoms with Gasteiger partial charge in [0, 0.05) is 23.8 Å². The number of carbonyl (C=O) groups is 1. The zero-order valence-corrected chi connectivity index (χ0v) is 10.3. The van der Waals surface area contributed by atoms with E-state index >= 15 is 0 Å². The molecule has 0 unspecified atom stereocenters. The molecule has 0 radical (unpaired) electrons. The van der Waals surface area contributed by atoms with Gasteiger partial charge < -0.3 is 5.11 Å². The third-order valence-corrected chi connectivity index (χ3v) is 3.26. The minimum absolute atomic E-state index is 0.115. The molecular weight excluding hydrogens is 234 g/mol. The van der Waals surface area contributed by atoms with Crippen LogP contribution in [0.4, 0.5) is 0 Å². The van der Waals surface area contributed by atoms with Gasteiger partial charge in [-0.2, -0.15) is 0 Å². The van der Waals surface area contributed by atoms with Gasteiger partial charge in [0.25, 0.3) is 0 Å². The van der Waals surface area contributed by atoms with Crippen LogP contribution in [0.25, 0.3) is 0 Å². The highest BCUT2D eigenvalue weighted by Crippen LogP contribution is 2.21. The van der Waals surface area contributed by atoms with Crippen molar-refractivity contribution in [3.05, 3.63) is 45.9 Å². The van der Waals surface area contributed by atoms with Crippen LogP contribution >= 0.6 is 11.3 Å². The lowest BCUT2D eigenvalue weighted by Gasteiger charge is -2.00. The maximum atomic E-state index is 11.0. The predicted molar refractivity (Wildman–Crippen MR) is 67.4 cm³/mol. The third-order valence-electron chi connectivity index (χ3n) is 2.36. The predicted octanol–water partition coefficient (Wildman–Crippen LogP) is 2.57. The molecule has 0 spiro atoms. The van der Waals surface area contributed by atoms with Gasteiger partial charge >= 0.3 is 0 Å². The number of phenolic OH excluding ortho intramolecular Hbond substituents is 1. The number of ketones is 1. The van der Waals surface area contributed by atoms with Crippen LogP contribution in [-0.2, 0) is 17.6 Å². The number of carbonyl (C=O) groups excluding carboxylic acids is 1. The molecule has 0 atom stereocenters. The highest BCUT2D eigenvalue weighted by atomic mass is 32.1. The number of hydrogen-bond donors (Lipinski definition) is 1. The first-order valence-corrected chi connectivity index (χ1v) is 6.22. The van der Waals surface area contributed by atoms with Gasteiger partial charge in [0.15, 0.2) is 0 Å². The van der Waals surface area contributed by atoms with Crippen molar-refractivity contribution in [2.24, 2.45) is 0 Å². The van der Waals surface area contributed by atoms with Gasteiger partial charge in [-0.15, -0.1) is 11.3 Å². The van der Waals surface area contributed by atoms with Crippen molar-refractivity contribution in [1.29, 1.82) is 0 Å². The van der Waals surface area contributed by atoms with E-state index in [1.807, 2.05) is 17.5 Å². The smallest absolute Gasteiger partial charge is 0.135 e. The van der Waals surface area contributed by atoms with Crippen molar-refractivity contribution in [3.63, 3.8) is 0 Å². The lowest BCUT2D eigenvalue weighted by molar-refractivity contribution is -0.116. The summed E-state index contributed by atoms with van der Waals surface area (Å²) in [4.78, 5) is 15.3. The molecule has 0 fully saturated rings. The molecule has 0 saturated heterocycles. The van der Waals surface area contributed by atoms with Crippen molar-refractivity contribution in [2.75, 3.05) is 0 Å². The van der Waals surface area contributed by atoms with Crippen molar-refractivity contribution in [2.45, 2.75) is 19.8 Å².